The molecule has 144 valence electrons. The number of aliphatic carboxylic acids is 1. The molecular formula is C19H16ClFN4O3. The molecule has 0 saturated heterocycles. The number of benzene rings is 1. The molecule has 0 aliphatic heterocycles. The highest BCUT2D eigenvalue weighted by Crippen LogP contribution is 2.26. The van der Waals surface area contributed by atoms with E-state index < -0.39 is 17.8 Å². The Labute approximate surface area is 165 Å². The van der Waals surface area contributed by atoms with Gasteiger partial charge < -0.3 is 15.6 Å². The summed E-state index contributed by atoms with van der Waals surface area (Å²) in [5.74, 6) is -1.40. The average Bonchev–Trinajstić information content (AvgIpc) is 2.64. The highest BCUT2D eigenvalue weighted by atomic mass is 35.5. The van der Waals surface area contributed by atoms with Gasteiger partial charge in [0.2, 0.25) is 0 Å². The number of nitrogens with two attached hydrogens (primary N) is 1. The van der Waals surface area contributed by atoms with Crippen molar-refractivity contribution in [1.82, 2.24) is 15.0 Å². The van der Waals surface area contributed by atoms with Crippen LogP contribution < -0.4 is 10.5 Å². The van der Waals surface area contributed by atoms with Crippen LogP contribution in [-0.4, -0.2) is 32.1 Å². The minimum absolute atomic E-state index is 0.146. The van der Waals surface area contributed by atoms with Gasteiger partial charge in [0.05, 0.1) is 29.0 Å². The Morgan fingerprint density at radius 3 is 2.68 bits per heavy atom. The van der Waals surface area contributed by atoms with Crippen LogP contribution >= 0.6 is 11.6 Å². The first-order chi connectivity index (χ1) is 13.4. The Bertz CT molecular complexity index is 985. The fourth-order valence-electron chi connectivity index (χ4n) is 2.49. The van der Waals surface area contributed by atoms with Gasteiger partial charge in [0, 0.05) is 30.4 Å². The monoisotopic (exact) mass is 402 g/mol. The maximum Gasteiger partial charge on any atom is 0.304 e. The van der Waals surface area contributed by atoms with Crippen LogP contribution in [0.1, 0.15) is 12.1 Å². The van der Waals surface area contributed by atoms with Gasteiger partial charge in [-0.3, -0.25) is 9.78 Å². The molecule has 3 rings (SSSR count). The Morgan fingerprint density at radius 1 is 1.25 bits per heavy atom. The zero-order valence-corrected chi connectivity index (χ0v) is 15.3. The van der Waals surface area contributed by atoms with Crippen LogP contribution in [0.15, 0.2) is 48.9 Å². The van der Waals surface area contributed by atoms with Gasteiger partial charge in [-0.15, -0.1) is 0 Å². The zero-order valence-electron chi connectivity index (χ0n) is 14.5. The van der Waals surface area contributed by atoms with Gasteiger partial charge in [-0.2, -0.15) is 0 Å². The summed E-state index contributed by atoms with van der Waals surface area (Å²) in [6.07, 6.45) is 4.59. The van der Waals surface area contributed by atoms with E-state index in [0.29, 0.717) is 23.6 Å². The van der Waals surface area contributed by atoms with Crippen LogP contribution in [0.3, 0.4) is 0 Å². The van der Waals surface area contributed by atoms with Gasteiger partial charge >= 0.3 is 5.97 Å². The quantitative estimate of drug-likeness (QED) is 0.622. The SMILES string of the molecule is N[C@@H](CC(=O)O)Cc1cncc(-c2ccc(Oc3ncc(Cl)cc3F)cc2)n1. The van der Waals surface area contributed by atoms with E-state index in [-0.39, 0.29) is 17.3 Å². The fourth-order valence-corrected chi connectivity index (χ4v) is 2.64. The minimum Gasteiger partial charge on any atom is -0.481 e. The highest BCUT2D eigenvalue weighted by molar-refractivity contribution is 6.30. The van der Waals surface area contributed by atoms with Gasteiger partial charge in [-0.05, 0) is 30.3 Å². The molecule has 7 nitrogen and oxygen atoms in total. The second-order valence-corrected chi connectivity index (χ2v) is 6.46. The summed E-state index contributed by atoms with van der Waals surface area (Å²) in [6.45, 7) is 0. The molecule has 3 N–H and O–H groups in total. The van der Waals surface area contributed by atoms with E-state index in [1.54, 1.807) is 36.7 Å². The van der Waals surface area contributed by atoms with Crippen LogP contribution in [0, 0.1) is 5.82 Å². The predicted molar refractivity (Wildman–Crippen MR) is 101 cm³/mol. The van der Waals surface area contributed by atoms with E-state index >= 15 is 0 Å². The van der Waals surface area contributed by atoms with Crippen molar-refractivity contribution in [3.8, 4) is 22.9 Å². The van der Waals surface area contributed by atoms with Crippen molar-refractivity contribution < 1.29 is 19.0 Å². The fraction of sp³-hybridized carbons (Fsp3) is 0.158. The van der Waals surface area contributed by atoms with Crippen molar-refractivity contribution in [3.63, 3.8) is 0 Å². The smallest absolute Gasteiger partial charge is 0.304 e. The molecule has 1 aromatic carbocycles. The third-order valence-electron chi connectivity index (χ3n) is 3.73. The maximum absolute atomic E-state index is 13.8. The molecule has 1 atom stereocenters. The van der Waals surface area contributed by atoms with Crippen LogP contribution in [-0.2, 0) is 11.2 Å². The Kier molecular flexibility index (Phi) is 6.13. The van der Waals surface area contributed by atoms with Gasteiger partial charge in [0.15, 0.2) is 5.82 Å². The molecule has 0 bridgehead atoms. The molecule has 2 heterocycles. The van der Waals surface area contributed by atoms with Crippen molar-refractivity contribution in [2.75, 3.05) is 0 Å². The van der Waals surface area contributed by atoms with Crippen molar-refractivity contribution >= 4 is 17.6 Å². The second kappa shape index (κ2) is 8.73. The lowest BCUT2D eigenvalue weighted by Gasteiger charge is -2.10. The predicted octanol–water partition coefficient (Wildman–Crippen LogP) is 3.47. The largest absolute Gasteiger partial charge is 0.481 e. The summed E-state index contributed by atoms with van der Waals surface area (Å²) in [5.41, 5.74) is 7.76. The zero-order chi connectivity index (χ0) is 20.1. The van der Waals surface area contributed by atoms with E-state index in [9.17, 15) is 9.18 Å². The van der Waals surface area contributed by atoms with Gasteiger partial charge in [-0.1, -0.05) is 11.6 Å². The first-order valence-corrected chi connectivity index (χ1v) is 8.66. The van der Waals surface area contributed by atoms with E-state index in [0.717, 1.165) is 11.6 Å². The van der Waals surface area contributed by atoms with Crippen molar-refractivity contribution in [1.29, 1.82) is 0 Å². The molecule has 2 aromatic heterocycles. The number of pyridine rings is 1. The number of hydrogen-bond donors (Lipinski definition) is 2. The molecule has 0 aliphatic rings. The topological polar surface area (TPSA) is 111 Å². The molecule has 0 spiro atoms. The molecular weight excluding hydrogens is 387 g/mol. The van der Waals surface area contributed by atoms with Crippen LogP contribution in [0.2, 0.25) is 5.02 Å². The maximum atomic E-state index is 13.8. The molecule has 0 aliphatic carbocycles. The Balaban J connectivity index is 1.72. The second-order valence-electron chi connectivity index (χ2n) is 6.02. The number of hydrogen-bond acceptors (Lipinski definition) is 6. The van der Waals surface area contributed by atoms with Crippen LogP contribution in [0.25, 0.3) is 11.3 Å². The van der Waals surface area contributed by atoms with Gasteiger partial charge in [0.25, 0.3) is 5.88 Å². The first-order valence-electron chi connectivity index (χ1n) is 8.28. The summed E-state index contributed by atoms with van der Waals surface area (Å²) in [6, 6.07) is 7.36. The molecule has 0 unspecified atom stereocenters. The third kappa shape index (κ3) is 5.21. The number of carboxylic acid groups (broad SMARTS) is 1. The average molecular weight is 403 g/mol. The summed E-state index contributed by atoms with van der Waals surface area (Å²) in [4.78, 5) is 23.1. The lowest BCUT2D eigenvalue weighted by Crippen LogP contribution is -2.26. The highest BCUT2D eigenvalue weighted by Gasteiger charge is 2.12. The normalized spacial score (nSPS) is 11.8. The van der Waals surface area contributed by atoms with Crippen LogP contribution in [0.5, 0.6) is 11.6 Å². The minimum atomic E-state index is -0.959. The van der Waals surface area contributed by atoms with Gasteiger partial charge in [-0.25, -0.2) is 14.4 Å². The summed E-state index contributed by atoms with van der Waals surface area (Å²) in [5, 5.41) is 8.98. The van der Waals surface area contributed by atoms with Gasteiger partial charge in [0.1, 0.15) is 5.75 Å². The molecule has 0 saturated carbocycles. The lowest BCUT2D eigenvalue weighted by atomic mass is 10.1. The molecule has 28 heavy (non-hydrogen) atoms. The summed E-state index contributed by atoms with van der Waals surface area (Å²) < 4.78 is 19.2. The van der Waals surface area contributed by atoms with Crippen LogP contribution in [0.4, 0.5) is 4.39 Å². The van der Waals surface area contributed by atoms with E-state index in [2.05, 4.69) is 15.0 Å². The Morgan fingerprint density at radius 2 is 2.00 bits per heavy atom. The van der Waals surface area contributed by atoms with Crippen molar-refractivity contribution in [3.05, 3.63) is 65.5 Å². The number of nitrogens with zero attached hydrogens (tertiary/aromatic N) is 3. The number of ether oxygens (including phenoxy) is 1. The van der Waals surface area contributed by atoms with E-state index in [1.165, 1.54) is 6.20 Å². The molecule has 0 fully saturated rings. The molecule has 0 radical (unpaired) electrons. The summed E-state index contributed by atoms with van der Waals surface area (Å²) >= 11 is 5.67. The molecule has 0 amide bonds. The Hall–Kier alpha value is -3.10. The molecule has 9 heteroatoms. The number of halogens is 2. The standard InChI is InChI=1S/C19H16ClFN4O3/c20-12-5-16(21)19(24-8-12)28-15-3-1-11(2-4-15)17-10-23-9-14(25-17)6-13(22)7-18(26)27/h1-5,8-10,13H,6-7,22H2,(H,26,27)/t13-/m1/s1. The number of aromatic nitrogens is 3. The molecule has 3 aromatic rings. The van der Waals surface area contributed by atoms with Crippen molar-refractivity contribution in [2.45, 2.75) is 18.9 Å². The number of carbonyl (C=O) groups is 1. The number of carboxylic acids is 1. The third-order valence-corrected chi connectivity index (χ3v) is 3.94. The van der Waals surface area contributed by atoms with Crippen molar-refractivity contribution in [2.24, 2.45) is 5.73 Å². The van der Waals surface area contributed by atoms with E-state index in [1.807, 2.05) is 0 Å². The van der Waals surface area contributed by atoms with E-state index in [4.69, 9.17) is 27.2 Å². The first kappa shape index (κ1) is 19.7. The summed E-state index contributed by atoms with van der Waals surface area (Å²) in [7, 11) is 0. The lowest BCUT2D eigenvalue weighted by molar-refractivity contribution is -0.137. The number of rotatable bonds is 7.